The van der Waals surface area contributed by atoms with Gasteiger partial charge in [-0.15, -0.1) is 0 Å². The van der Waals surface area contributed by atoms with Crippen molar-refractivity contribution < 1.29 is 14.6 Å². The van der Waals surface area contributed by atoms with Crippen LogP contribution in [0.3, 0.4) is 0 Å². The Kier molecular flexibility index (Phi) is 4.22. The number of carbonyl (C=O) groups is 1. The maximum Gasteiger partial charge on any atom is 0.217 e. The van der Waals surface area contributed by atoms with Crippen LogP contribution in [0.5, 0.6) is 11.5 Å². The predicted octanol–water partition coefficient (Wildman–Crippen LogP) is 0.888. The Morgan fingerprint density at radius 2 is 2.31 bits per heavy atom. The Morgan fingerprint density at radius 1 is 1.56 bits per heavy atom. The first-order chi connectivity index (χ1) is 7.63. The number of amides is 1. The zero-order valence-corrected chi connectivity index (χ0v) is 9.20. The predicted molar refractivity (Wildman–Crippen MR) is 60.2 cm³/mol. The fraction of sp³-hybridized carbons (Fsp3) is 0.250. The van der Waals surface area contributed by atoms with Gasteiger partial charge >= 0.3 is 0 Å². The first-order valence-corrected chi connectivity index (χ1v) is 4.74. The zero-order valence-electron chi connectivity index (χ0n) is 9.20. The van der Waals surface area contributed by atoms with Gasteiger partial charge in [-0.2, -0.15) is 0 Å². The highest BCUT2D eigenvalue weighted by Crippen LogP contribution is 2.25. The molecule has 0 spiro atoms. The topological polar surface area (TPSA) is 58.6 Å². The van der Waals surface area contributed by atoms with Crippen molar-refractivity contribution in [1.82, 2.24) is 5.32 Å². The number of hydrogen-bond acceptors (Lipinski definition) is 3. The van der Waals surface area contributed by atoms with Gasteiger partial charge in [0.15, 0.2) is 11.5 Å². The van der Waals surface area contributed by atoms with Crippen LogP contribution in [0.2, 0.25) is 0 Å². The number of methoxy groups -OCH3 is 1. The number of carbonyl (C=O) groups excluding carboxylic acids is 1. The minimum Gasteiger partial charge on any atom is -0.504 e. The summed E-state index contributed by atoms with van der Waals surface area (Å²) >= 11 is 0. The summed E-state index contributed by atoms with van der Waals surface area (Å²) in [6.45, 7) is 1.74. The minimum absolute atomic E-state index is 0.0786. The van der Waals surface area contributed by atoms with E-state index in [1.807, 2.05) is 0 Å². The van der Waals surface area contributed by atoms with E-state index >= 15 is 0 Å². The molecular formula is C12H13NO3. The van der Waals surface area contributed by atoms with Crippen molar-refractivity contribution in [3.05, 3.63) is 23.8 Å². The monoisotopic (exact) mass is 219 g/mol. The first-order valence-electron chi connectivity index (χ1n) is 4.74. The molecule has 0 saturated heterocycles. The molecule has 0 fully saturated rings. The van der Waals surface area contributed by atoms with Crippen molar-refractivity contribution in [2.24, 2.45) is 0 Å². The number of rotatable bonds is 2. The number of benzene rings is 1. The van der Waals surface area contributed by atoms with Crippen LogP contribution in [0.25, 0.3) is 0 Å². The van der Waals surface area contributed by atoms with Crippen molar-refractivity contribution in [3.63, 3.8) is 0 Å². The van der Waals surface area contributed by atoms with Gasteiger partial charge in [-0.3, -0.25) is 4.79 Å². The van der Waals surface area contributed by atoms with E-state index in [-0.39, 0.29) is 11.7 Å². The third kappa shape index (κ3) is 3.54. The summed E-state index contributed by atoms with van der Waals surface area (Å²) in [4.78, 5) is 10.6. The molecule has 0 atom stereocenters. The van der Waals surface area contributed by atoms with Crippen molar-refractivity contribution in [2.45, 2.75) is 6.92 Å². The molecule has 0 aliphatic rings. The highest BCUT2D eigenvalue weighted by molar-refractivity contribution is 5.73. The Labute approximate surface area is 94.2 Å². The fourth-order valence-corrected chi connectivity index (χ4v) is 1.07. The minimum atomic E-state index is -0.113. The zero-order chi connectivity index (χ0) is 12.0. The van der Waals surface area contributed by atoms with Crippen LogP contribution in [0.1, 0.15) is 12.5 Å². The molecule has 84 valence electrons. The molecule has 16 heavy (non-hydrogen) atoms. The van der Waals surface area contributed by atoms with Gasteiger partial charge in [0.1, 0.15) is 0 Å². The molecule has 1 amide bonds. The smallest absolute Gasteiger partial charge is 0.217 e. The van der Waals surface area contributed by atoms with E-state index in [1.54, 1.807) is 12.1 Å². The van der Waals surface area contributed by atoms with Crippen LogP contribution in [-0.4, -0.2) is 24.7 Å². The summed E-state index contributed by atoms with van der Waals surface area (Å²) in [5.41, 5.74) is 0.722. The van der Waals surface area contributed by atoms with Gasteiger partial charge in [0.05, 0.1) is 13.7 Å². The molecule has 1 aromatic carbocycles. The summed E-state index contributed by atoms with van der Waals surface area (Å²) in [6.07, 6.45) is 0. The average molecular weight is 219 g/mol. The molecule has 2 N–H and O–H groups in total. The van der Waals surface area contributed by atoms with E-state index in [0.717, 1.165) is 5.56 Å². The van der Waals surface area contributed by atoms with E-state index in [2.05, 4.69) is 17.2 Å². The van der Waals surface area contributed by atoms with Gasteiger partial charge in [0.2, 0.25) is 5.91 Å². The molecule has 0 unspecified atom stereocenters. The molecule has 0 aliphatic heterocycles. The third-order valence-electron chi connectivity index (χ3n) is 1.84. The molecule has 1 aromatic rings. The summed E-state index contributed by atoms with van der Waals surface area (Å²) in [5, 5.41) is 11.9. The molecule has 4 heteroatoms. The molecule has 4 nitrogen and oxygen atoms in total. The molecular weight excluding hydrogens is 206 g/mol. The molecule has 0 bridgehead atoms. The maximum atomic E-state index is 10.6. The van der Waals surface area contributed by atoms with Crippen molar-refractivity contribution >= 4 is 5.91 Å². The van der Waals surface area contributed by atoms with Gasteiger partial charge < -0.3 is 15.2 Å². The van der Waals surface area contributed by atoms with Crippen molar-refractivity contribution in [3.8, 4) is 23.3 Å². The molecule has 1 rings (SSSR count). The summed E-state index contributed by atoms with van der Waals surface area (Å²) in [7, 11) is 1.48. The number of hydrogen-bond donors (Lipinski definition) is 2. The number of phenols is 1. The SMILES string of the molecule is COc1cc(C#CCNC(C)=O)ccc1O. The molecule has 0 aliphatic carbocycles. The summed E-state index contributed by atoms with van der Waals surface area (Å²) in [6, 6.07) is 4.83. The van der Waals surface area contributed by atoms with Gasteiger partial charge in [0, 0.05) is 12.5 Å². The van der Waals surface area contributed by atoms with Crippen LogP contribution in [-0.2, 0) is 4.79 Å². The van der Waals surface area contributed by atoms with Gasteiger partial charge in [-0.05, 0) is 18.2 Å². The third-order valence-corrected chi connectivity index (χ3v) is 1.84. The number of aromatic hydroxyl groups is 1. The van der Waals surface area contributed by atoms with E-state index in [0.29, 0.717) is 12.3 Å². The van der Waals surface area contributed by atoms with Gasteiger partial charge in [0.25, 0.3) is 0 Å². The summed E-state index contributed by atoms with van der Waals surface area (Å²) < 4.78 is 4.94. The Hall–Kier alpha value is -2.15. The van der Waals surface area contributed by atoms with E-state index in [1.165, 1.54) is 20.1 Å². The van der Waals surface area contributed by atoms with Crippen LogP contribution in [0.4, 0.5) is 0 Å². The fourth-order valence-electron chi connectivity index (χ4n) is 1.07. The first kappa shape index (κ1) is 11.9. The number of ether oxygens (including phenoxy) is 1. The largest absolute Gasteiger partial charge is 0.504 e. The van der Waals surface area contributed by atoms with E-state index in [4.69, 9.17) is 4.74 Å². The van der Waals surface area contributed by atoms with Crippen LogP contribution in [0, 0.1) is 11.8 Å². The van der Waals surface area contributed by atoms with Gasteiger partial charge in [-0.25, -0.2) is 0 Å². The highest BCUT2D eigenvalue weighted by atomic mass is 16.5. The average Bonchev–Trinajstić information content (AvgIpc) is 2.26. The lowest BCUT2D eigenvalue weighted by Gasteiger charge is -2.02. The van der Waals surface area contributed by atoms with Crippen LogP contribution in [0.15, 0.2) is 18.2 Å². The number of phenolic OH excluding ortho intramolecular Hbond substituents is 1. The van der Waals surface area contributed by atoms with Crippen LogP contribution < -0.4 is 10.1 Å². The normalized spacial score (nSPS) is 8.88. The van der Waals surface area contributed by atoms with Crippen molar-refractivity contribution in [2.75, 3.05) is 13.7 Å². The standard InChI is InChI=1S/C12H13NO3/c1-9(14)13-7-3-4-10-5-6-11(15)12(8-10)16-2/h5-6,8,15H,7H2,1-2H3,(H,13,14). The second-order valence-electron chi connectivity index (χ2n) is 3.10. The maximum absolute atomic E-state index is 10.6. The molecule has 0 aromatic heterocycles. The molecule has 0 saturated carbocycles. The lowest BCUT2D eigenvalue weighted by molar-refractivity contribution is -0.118. The molecule has 0 radical (unpaired) electrons. The van der Waals surface area contributed by atoms with E-state index in [9.17, 15) is 9.90 Å². The lowest BCUT2D eigenvalue weighted by atomic mass is 10.2. The number of nitrogens with one attached hydrogen (secondary N) is 1. The quantitative estimate of drug-likeness (QED) is 0.726. The lowest BCUT2D eigenvalue weighted by Crippen LogP contribution is -2.19. The Balaban J connectivity index is 2.70. The highest BCUT2D eigenvalue weighted by Gasteiger charge is 1.99. The second-order valence-corrected chi connectivity index (χ2v) is 3.10. The Morgan fingerprint density at radius 3 is 2.94 bits per heavy atom. The summed E-state index contributed by atoms with van der Waals surface area (Å²) in [5.74, 6) is 5.98. The van der Waals surface area contributed by atoms with Gasteiger partial charge in [-0.1, -0.05) is 11.8 Å². The molecule has 0 heterocycles. The Bertz CT molecular complexity index is 443. The van der Waals surface area contributed by atoms with E-state index < -0.39 is 0 Å². The van der Waals surface area contributed by atoms with Crippen LogP contribution >= 0.6 is 0 Å². The van der Waals surface area contributed by atoms with Crippen molar-refractivity contribution in [1.29, 1.82) is 0 Å². The second kappa shape index (κ2) is 5.66.